The highest BCUT2D eigenvalue weighted by atomic mass is 33.1. The lowest BCUT2D eigenvalue weighted by molar-refractivity contribution is -0.125. The van der Waals surface area contributed by atoms with E-state index >= 15 is 0 Å². The second kappa shape index (κ2) is 14.3. The molecule has 0 aromatic rings. The molecule has 0 radical (unpaired) electrons. The van der Waals surface area contributed by atoms with Crippen molar-refractivity contribution in [2.75, 3.05) is 24.6 Å². The Morgan fingerprint density at radius 2 is 1.78 bits per heavy atom. The van der Waals surface area contributed by atoms with Crippen molar-refractivity contribution in [3.63, 3.8) is 0 Å². The number of carbonyl (C=O) groups excluding carboxylic acids is 2. The molecule has 27 heavy (non-hydrogen) atoms. The zero-order chi connectivity index (χ0) is 19.3. The van der Waals surface area contributed by atoms with Crippen LogP contribution in [-0.2, 0) is 9.59 Å². The minimum Gasteiger partial charge on any atom is -0.356 e. The standard InChI is InChI=1S/C19H34N2O2S4/c1-2-6-16(17-10-14-25-27-17)19(23)21-12-5-11-20-18(22)8-4-3-7-15-9-13-24-26-15/h15-17H,2-14H2,1H3,(H,20,22)(H,21,23). The van der Waals surface area contributed by atoms with E-state index in [4.69, 9.17) is 0 Å². The summed E-state index contributed by atoms with van der Waals surface area (Å²) in [5.74, 6) is 2.93. The molecule has 2 amide bonds. The first-order valence-corrected chi connectivity index (χ1v) is 15.1. The minimum absolute atomic E-state index is 0.140. The van der Waals surface area contributed by atoms with Gasteiger partial charge in [-0.15, -0.1) is 0 Å². The van der Waals surface area contributed by atoms with Crippen LogP contribution in [0.2, 0.25) is 0 Å². The molecule has 0 aliphatic carbocycles. The fourth-order valence-corrected chi connectivity index (χ4v) is 9.58. The first-order chi connectivity index (χ1) is 13.2. The van der Waals surface area contributed by atoms with E-state index in [0.717, 1.165) is 49.5 Å². The number of hydrogen-bond donors (Lipinski definition) is 2. The summed E-state index contributed by atoms with van der Waals surface area (Å²) in [7, 11) is 7.77. The molecule has 0 aromatic heterocycles. The predicted octanol–water partition coefficient (Wildman–Crippen LogP) is 4.89. The lowest BCUT2D eigenvalue weighted by Gasteiger charge is -2.21. The first kappa shape index (κ1) is 23.6. The van der Waals surface area contributed by atoms with Crippen molar-refractivity contribution in [2.45, 2.75) is 75.2 Å². The van der Waals surface area contributed by atoms with Crippen molar-refractivity contribution in [3.8, 4) is 0 Å². The molecule has 8 heteroatoms. The van der Waals surface area contributed by atoms with Gasteiger partial charge in [-0.2, -0.15) is 0 Å². The van der Waals surface area contributed by atoms with Crippen LogP contribution in [0.4, 0.5) is 0 Å². The van der Waals surface area contributed by atoms with Crippen LogP contribution < -0.4 is 10.6 Å². The lowest BCUT2D eigenvalue weighted by atomic mass is 9.96. The van der Waals surface area contributed by atoms with Gasteiger partial charge in [0, 0.05) is 41.5 Å². The van der Waals surface area contributed by atoms with Crippen LogP contribution in [0.25, 0.3) is 0 Å². The van der Waals surface area contributed by atoms with Crippen molar-refractivity contribution in [1.82, 2.24) is 10.6 Å². The molecule has 4 nitrogen and oxygen atoms in total. The van der Waals surface area contributed by atoms with Crippen LogP contribution in [0, 0.1) is 5.92 Å². The fraction of sp³-hybridized carbons (Fsp3) is 0.895. The SMILES string of the molecule is CCCC(C(=O)NCCCNC(=O)CCCCC1CCSS1)C1CCSS1. The van der Waals surface area contributed by atoms with Crippen molar-refractivity contribution in [1.29, 1.82) is 0 Å². The molecule has 2 fully saturated rings. The highest BCUT2D eigenvalue weighted by Crippen LogP contribution is 2.42. The lowest BCUT2D eigenvalue weighted by Crippen LogP contribution is -2.37. The first-order valence-electron chi connectivity index (χ1n) is 10.3. The highest BCUT2D eigenvalue weighted by molar-refractivity contribution is 8.77. The Hall–Kier alpha value is 0.340. The van der Waals surface area contributed by atoms with Crippen LogP contribution >= 0.6 is 43.2 Å². The molecule has 2 heterocycles. The van der Waals surface area contributed by atoms with Gasteiger partial charge in [0.15, 0.2) is 0 Å². The van der Waals surface area contributed by atoms with Crippen LogP contribution in [0.5, 0.6) is 0 Å². The summed E-state index contributed by atoms with van der Waals surface area (Å²) < 4.78 is 0. The summed E-state index contributed by atoms with van der Waals surface area (Å²) in [5.41, 5.74) is 0. The van der Waals surface area contributed by atoms with Gasteiger partial charge in [0.1, 0.15) is 0 Å². The molecule has 2 N–H and O–H groups in total. The van der Waals surface area contributed by atoms with Gasteiger partial charge in [-0.25, -0.2) is 0 Å². The Labute approximate surface area is 180 Å². The van der Waals surface area contributed by atoms with E-state index < -0.39 is 0 Å². The van der Waals surface area contributed by atoms with Gasteiger partial charge in [-0.05, 0) is 38.5 Å². The Bertz CT molecular complexity index is 441. The second-order valence-electron chi connectivity index (χ2n) is 7.21. The number of hydrogen-bond acceptors (Lipinski definition) is 6. The average Bonchev–Trinajstić information content (AvgIpc) is 3.36. The Morgan fingerprint density at radius 3 is 2.48 bits per heavy atom. The minimum atomic E-state index is 0.140. The maximum absolute atomic E-state index is 12.5. The Morgan fingerprint density at radius 1 is 1.00 bits per heavy atom. The fourth-order valence-electron chi connectivity index (χ4n) is 3.38. The molecule has 2 aliphatic heterocycles. The van der Waals surface area contributed by atoms with Gasteiger partial charge in [0.2, 0.25) is 11.8 Å². The summed E-state index contributed by atoms with van der Waals surface area (Å²) in [5, 5.41) is 7.35. The van der Waals surface area contributed by atoms with E-state index in [1.165, 1.54) is 18.6 Å². The molecule has 3 atom stereocenters. The molecule has 2 aliphatic rings. The Kier molecular flexibility index (Phi) is 12.5. The summed E-state index contributed by atoms with van der Waals surface area (Å²) in [6, 6.07) is 0. The molecule has 0 aromatic carbocycles. The number of rotatable bonds is 13. The third-order valence-corrected chi connectivity index (χ3v) is 11.0. The van der Waals surface area contributed by atoms with E-state index in [0.29, 0.717) is 24.8 Å². The number of unbranched alkanes of at least 4 members (excludes halogenated alkanes) is 1. The van der Waals surface area contributed by atoms with Gasteiger partial charge in [-0.1, -0.05) is 62.9 Å². The van der Waals surface area contributed by atoms with E-state index in [2.05, 4.69) is 17.6 Å². The number of amides is 2. The average molecular weight is 451 g/mol. The van der Waals surface area contributed by atoms with Gasteiger partial charge in [0.25, 0.3) is 0 Å². The third kappa shape index (κ3) is 9.59. The van der Waals surface area contributed by atoms with Crippen LogP contribution in [-0.4, -0.2) is 46.9 Å². The molecule has 3 unspecified atom stereocenters. The number of nitrogens with one attached hydrogen (secondary N) is 2. The molecule has 2 saturated heterocycles. The van der Waals surface area contributed by atoms with Crippen molar-refractivity contribution in [3.05, 3.63) is 0 Å². The predicted molar refractivity (Wildman–Crippen MR) is 124 cm³/mol. The third-order valence-electron chi connectivity index (χ3n) is 4.94. The summed E-state index contributed by atoms with van der Waals surface area (Å²) in [6.07, 6.45) is 9.30. The van der Waals surface area contributed by atoms with E-state index in [-0.39, 0.29) is 17.7 Å². The van der Waals surface area contributed by atoms with Gasteiger partial charge < -0.3 is 10.6 Å². The summed E-state index contributed by atoms with van der Waals surface area (Å²) >= 11 is 0. The maximum Gasteiger partial charge on any atom is 0.224 e. The van der Waals surface area contributed by atoms with Crippen molar-refractivity contribution >= 4 is 55.0 Å². The normalized spacial score (nSPS) is 23.3. The molecule has 2 rings (SSSR count). The smallest absolute Gasteiger partial charge is 0.224 e. The largest absolute Gasteiger partial charge is 0.356 e. The quantitative estimate of drug-likeness (QED) is 0.308. The van der Waals surface area contributed by atoms with Crippen molar-refractivity contribution < 1.29 is 9.59 Å². The summed E-state index contributed by atoms with van der Waals surface area (Å²) in [4.78, 5) is 24.4. The second-order valence-corrected chi connectivity index (χ2v) is 12.7. The molecular weight excluding hydrogens is 416 g/mol. The number of carbonyl (C=O) groups is 2. The topological polar surface area (TPSA) is 58.2 Å². The van der Waals surface area contributed by atoms with E-state index in [9.17, 15) is 9.59 Å². The summed E-state index contributed by atoms with van der Waals surface area (Å²) in [6.45, 7) is 3.45. The van der Waals surface area contributed by atoms with Crippen LogP contribution in [0.3, 0.4) is 0 Å². The monoisotopic (exact) mass is 450 g/mol. The molecule has 0 spiro atoms. The van der Waals surface area contributed by atoms with Gasteiger partial charge >= 0.3 is 0 Å². The van der Waals surface area contributed by atoms with E-state index in [1.54, 1.807) is 0 Å². The highest BCUT2D eigenvalue weighted by Gasteiger charge is 2.30. The van der Waals surface area contributed by atoms with Crippen LogP contribution in [0.15, 0.2) is 0 Å². The van der Waals surface area contributed by atoms with Crippen molar-refractivity contribution in [2.24, 2.45) is 5.92 Å². The maximum atomic E-state index is 12.5. The molecular formula is C19H34N2O2S4. The van der Waals surface area contributed by atoms with Gasteiger partial charge in [0.05, 0.1) is 5.92 Å². The zero-order valence-corrected chi connectivity index (χ0v) is 19.6. The Balaban J connectivity index is 1.47. The molecule has 156 valence electrons. The zero-order valence-electron chi connectivity index (χ0n) is 16.4. The van der Waals surface area contributed by atoms with Crippen LogP contribution in [0.1, 0.15) is 64.7 Å². The van der Waals surface area contributed by atoms with E-state index in [1.807, 2.05) is 43.2 Å². The molecule has 0 saturated carbocycles. The molecule has 0 bridgehead atoms. The van der Waals surface area contributed by atoms with Gasteiger partial charge in [-0.3, -0.25) is 9.59 Å².